The quantitative estimate of drug-likeness (QED) is 0.625. The van der Waals surface area contributed by atoms with E-state index in [4.69, 9.17) is 14.2 Å². The molecule has 5 heteroatoms. The standard InChI is InChI=1S/C24H33NO4/c1-3-19-10-12-20(13-11-19)15-25(17-22-7-6-14-28-22)16-21(26)18-29-24-9-5-4-8-23(24)27-2/h4-5,8-13,21-22,26H,3,6-7,14-18H2,1-2H3. The fourth-order valence-corrected chi connectivity index (χ4v) is 3.69. The van der Waals surface area contributed by atoms with Gasteiger partial charge in [0, 0.05) is 26.2 Å². The molecule has 1 fully saturated rings. The number of methoxy groups -OCH3 is 1. The minimum atomic E-state index is -0.601. The molecule has 1 N–H and O–H groups in total. The maximum Gasteiger partial charge on any atom is 0.161 e. The van der Waals surface area contributed by atoms with Crippen molar-refractivity contribution in [3.05, 3.63) is 59.7 Å². The molecular formula is C24H33NO4. The van der Waals surface area contributed by atoms with Gasteiger partial charge in [-0.05, 0) is 42.5 Å². The maximum atomic E-state index is 10.6. The second-order valence-electron chi connectivity index (χ2n) is 7.61. The van der Waals surface area contributed by atoms with Gasteiger partial charge < -0.3 is 19.3 Å². The number of hydrogen-bond donors (Lipinski definition) is 1. The van der Waals surface area contributed by atoms with Crippen LogP contribution in [-0.4, -0.2) is 55.6 Å². The van der Waals surface area contributed by atoms with Gasteiger partial charge in [-0.15, -0.1) is 0 Å². The van der Waals surface area contributed by atoms with E-state index >= 15 is 0 Å². The van der Waals surface area contributed by atoms with Gasteiger partial charge in [-0.2, -0.15) is 0 Å². The molecule has 1 aliphatic heterocycles. The number of benzene rings is 2. The fourth-order valence-electron chi connectivity index (χ4n) is 3.69. The molecule has 0 bridgehead atoms. The number of aliphatic hydroxyl groups is 1. The van der Waals surface area contributed by atoms with E-state index in [0.717, 1.165) is 39.0 Å². The van der Waals surface area contributed by atoms with E-state index in [1.807, 2.05) is 24.3 Å². The molecule has 158 valence electrons. The van der Waals surface area contributed by atoms with Gasteiger partial charge in [0.05, 0.1) is 13.2 Å². The van der Waals surface area contributed by atoms with E-state index in [0.29, 0.717) is 18.0 Å². The van der Waals surface area contributed by atoms with Crippen LogP contribution < -0.4 is 9.47 Å². The van der Waals surface area contributed by atoms with E-state index < -0.39 is 6.10 Å². The lowest BCUT2D eigenvalue weighted by Gasteiger charge is -2.27. The van der Waals surface area contributed by atoms with E-state index in [-0.39, 0.29) is 12.7 Å². The maximum absolute atomic E-state index is 10.6. The largest absolute Gasteiger partial charge is 0.493 e. The van der Waals surface area contributed by atoms with E-state index in [9.17, 15) is 5.11 Å². The lowest BCUT2D eigenvalue weighted by atomic mass is 10.1. The Hall–Kier alpha value is -2.08. The Kier molecular flexibility index (Phi) is 8.35. The summed E-state index contributed by atoms with van der Waals surface area (Å²) in [5.41, 5.74) is 2.59. The molecule has 29 heavy (non-hydrogen) atoms. The molecule has 0 aromatic heterocycles. The summed E-state index contributed by atoms with van der Waals surface area (Å²) in [4.78, 5) is 2.27. The highest BCUT2D eigenvalue weighted by molar-refractivity contribution is 5.39. The summed E-state index contributed by atoms with van der Waals surface area (Å²) in [6.07, 6.45) is 2.88. The number of hydrogen-bond acceptors (Lipinski definition) is 5. The zero-order chi connectivity index (χ0) is 20.5. The number of rotatable bonds is 11. The third-order valence-electron chi connectivity index (χ3n) is 5.29. The lowest BCUT2D eigenvalue weighted by Crippen LogP contribution is -2.39. The van der Waals surface area contributed by atoms with E-state index in [2.05, 4.69) is 36.1 Å². The molecule has 0 aliphatic carbocycles. The second kappa shape index (κ2) is 11.2. The van der Waals surface area contributed by atoms with Crippen LogP contribution in [0.3, 0.4) is 0 Å². The van der Waals surface area contributed by atoms with Gasteiger partial charge in [0.25, 0.3) is 0 Å². The molecule has 3 rings (SSSR count). The number of aliphatic hydroxyl groups excluding tert-OH is 1. The first kappa shape index (κ1) is 21.6. The van der Waals surface area contributed by atoms with Crippen molar-refractivity contribution < 1.29 is 19.3 Å². The summed E-state index contributed by atoms with van der Waals surface area (Å²) < 4.78 is 16.9. The van der Waals surface area contributed by atoms with Crippen molar-refractivity contribution in [1.29, 1.82) is 0 Å². The zero-order valence-electron chi connectivity index (χ0n) is 17.5. The summed E-state index contributed by atoms with van der Waals surface area (Å²) in [5.74, 6) is 1.32. The molecule has 0 radical (unpaired) electrons. The summed E-state index contributed by atoms with van der Waals surface area (Å²) in [5, 5.41) is 10.6. The van der Waals surface area contributed by atoms with Crippen LogP contribution in [0.5, 0.6) is 11.5 Å². The molecule has 0 saturated carbocycles. The van der Waals surface area contributed by atoms with Crippen LogP contribution in [0.2, 0.25) is 0 Å². The van der Waals surface area contributed by atoms with Crippen molar-refractivity contribution >= 4 is 0 Å². The predicted molar refractivity (Wildman–Crippen MR) is 115 cm³/mol. The Labute approximate surface area is 174 Å². The molecule has 1 saturated heterocycles. The van der Waals surface area contributed by atoms with Gasteiger partial charge in [0.2, 0.25) is 0 Å². The van der Waals surface area contributed by atoms with Crippen molar-refractivity contribution in [3.8, 4) is 11.5 Å². The summed E-state index contributed by atoms with van der Waals surface area (Å²) in [7, 11) is 1.62. The molecule has 2 atom stereocenters. The minimum absolute atomic E-state index is 0.219. The SMILES string of the molecule is CCc1ccc(CN(CC(O)COc2ccccc2OC)CC2CCCO2)cc1. The Morgan fingerprint density at radius 3 is 2.48 bits per heavy atom. The third-order valence-corrected chi connectivity index (χ3v) is 5.29. The summed E-state index contributed by atoms with van der Waals surface area (Å²) in [6.45, 7) is 5.36. The van der Waals surface area contributed by atoms with Gasteiger partial charge in [-0.1, -0.05) is 43.3 Å². The Bertz CT molecular complexity index is 728. The molecule has 2 aromatic rings. The molecule has 5 nitrogen and oxygen atoms in total. The molecule has 0 spiro atoms. The number of aryl methyl sites for hydroxylation is 1. The van der Waals surface area contributed by atoms with Crippen LogP contribution in [0.15, 0.2) is 48.5 Å². The average molecular weight is 400 g/mol. The monoisotopic (exact) mass is 399 g/mol. The van der Waals surface area contributed by atoms with Crippen molar-refractivity contribution in [2.45, 2.75) is 44.9 Å². The van der Waals surface area contributed by atoms with Crippen LogP contribution >= 0.6 is 0 Å². The molecular weight excluding hydrogens is 366 g/mol. The summed E-state index contributed by atoms with van der Waals surface area (Å²) in [6, 6.07) is 16.2. The number of nitrogens with zero attached hydrogens (tertiary/aromatic N) is 1. The minimum Gasteiger partial charge on any atom is -0.493 e. The van der Waals surface area contributed by atoms with Gasteiger partial charge in [0.1, 0.15) is 12.7 Å². The predicted octanol–water partition coefficient (Wildman–Crippen LogP) is 3.68. The van der Waals surface area contributed by atoms with Crippen molar-refractivity contribution in [2.24, 2.45) is 0 Å². The average Bonchev–Trinajstić information content (AvgIpc) is 3.26. The zero-order valence-corrected chi connectivity index (χ0v) is 17.5. The first-order valence-electron chi connectivity index (χ1n) is 10.5. The van der Waals surface area contributed by atoms with Gasteiger partial charge in [-0.3, -0.25) is 4.90 Å². The lowest BCUT2D eigenvalue weighted by molar-refractivity contribution is 0.0310. The highest BCUT2D eigenvalue weighted by Crippen LogP contribution is 2.26. The second-order valence-corrected chi connectivity index (χ2v) is 7.61. The van der Waals surface area contributed by atoms with Crippen LogP contribution in [0.25, 0.3) is 0 Å². The molecule has 2 aromatic carbocycles. The number of para-hydroxylation sites is 2. The third kappa shape index (κ3) is 6.74. The summed E-state index contributed by atoms with van der Waals surface area (Å²) >= 11 is 0. The normalized spacial score (nSPS) is 17.4. The first-order valence-corrected chi connectivity index (χ1v) is 10.5. The van der Waals surface area contributed by atoms with E-state index in [1.54, 1.807) is 7.11 Å². The molecule has 2 unspecified atom stereocenters. The number of ether oxygens (including phenoxy) is 3. The van der Waals surface area contributed by atoms with Gasteiger partial charge in [-0.25, -0.2) is 0 Å². The first-order chi connectivity index (χ1) is 14.2. The van der Waals surface area contributed by atoms with Crippen LogP contribution in [-0.2, 0) is 17.7 Å². The smallest absolute Gasteiger partial charge is 0.161 e. The Morgan fingerprint density at radius 1 is 1.10 bits per heavy atom. The topological polar surface area (TPSA) is 51.2 Å². The van der Waals surface area contributed by atoms with Crippen molar-refractivity contribution in [3.63, 3.8) is 0 Å². The Morgan fingerprint density at radius 2 is 1.83 bits per heavy atom. The van der Waals surface area contributed by atoms with Gasteiger partial charge >= 0.3 is 0 Å². The van der Waals surface area contributed by atoms with Crippen LogP contribution in [0, 0.1) is 0 Å². The highest BCUT2D eigenvalue weighted by Gasteiger charge is 2.21. The molecule has 0 amide bonds. The van der Waals surface area contributed by atoms with Crippen LogP contribution in [0.4, 0.5) is 0 Å². The Balaban J connectivity index is 1.58. The van der Waals surface area contributed by atoms with E-state index in [1.165, 1.54) is 11.1 Å². The fraction of sp³-hybridized carbons (Fsp3) is 0.500. The van der Waals surface area contributed by atoms with Gasteiger partial charge in [0.15, 0.2) is 11.5 Å². The molecule has 1 aliphatic rings. The van der Waals surface area contributed by atoms with Crippen molar-refractivity contribution in [1.82, 2.24) is 4.90 Å². The van der Waals surface area contributed by atoms with Crippen molar-refractivity contribution in [2.75, 3.05) is 33.4 Å². The highest BCUT2D eigenvalue weighted by atomic mass is 16.5. The molecule has 1 heterocycles. The van der Waals surface area contributed by atoms with Crippen LogP contribution in [0.1, 0.15) is 30.9 Å².